The molecule has 3 aliphatic heterocycles. The normalized spacial score (nSPS) is 21.5. The lowest BCUT2D eigenvalue weighted by molar-refractivity contribution is -0.136. The van der Waals surface area contributed by atoms with E-state index < -0.39 is 17.8 Å². The van der Waals surface area contributed by atoms with E-state index in [9.17, 15) is 14.4 Å². The molecule has 0 saturated carbocycles. The number of carbonyl (C=O) groups excluding carboxylic acids is 3. The number of benzene rings is 1. The van der Waals surface area contributed by atoms with Crippen molar-refractivity contribution in [2.75, 3.05) is 31.1 Å². The number of rotatable bonds is 4. The summed E-state index contributed by atoms with van der Waals surface area (Å²) in [5, 5.41) is 2.29. The van der Waals surface area contributed by atoms with Crippen molar-refractivity contribution < 1.29 is 18.8 Å². The van der Waals surface area contributed by atoms with Crippen molar-refractivity contribution in [3.63, 3.8) is 0 Å². The van der Waals surface area contributed by atoms with Gasteiger partial charge in [0.15, 0.2) is 0 Å². The first-order valence-corrected chi connectivity index (χ1v) is 11.3. The number of imide groups is 1. The third-order valence-corrected chi connectivity index (χ3v) is 6.78. The quantitative estimate of drug-likeness (QED) is 0.675. The largest absolute Gasteiger partial charge is 0.367 e. The smallest absolute Gasteiger partial charge is 0.255 e. The molecule has 4 heterocycles. The Labute approximate surface area is 190 Å². The summed E-state index contributed by atoms with van der Waals surface area (Å²) in [6.07, 6.45) is 0.481. The van der Waals surface area contributed by atoms with Crippen molar-refractivity contribution >= 4 is 23.4 Å². The van der Waals surface area contributed by atoms with Gasteiger partial charge in [-0.05, 0) is 38.0 Å². The molecule has 2 saturated heterocycles. The molecule has 1 atom stereocenters. The van der Waals surface area contributed by atoms with Gasteiger partial charge in [0.05, 0.1) is 11.4 Å². The average Bonchev–Trinajstić information content (AvgIpc) is 3.26. The zero-order valence-electron chi connectivity index (χ0n) is 18.8. The lowest BCUT2D eigenvalue weighted by atomic mass is 10.0. The van der Waals surface area contributed by atoms with Crippen LogP contribution >= 0.6 is 0 Å². The number of halogens is 1. The molecule has 174 valence electrons. The van der Waals surface area contributed by atoms with Gasteiger partial charge in [0, 0.05) is 56.9 Å². The molecule has 2 aromatic rings. The van der Waals surface area contributed by atoms with Gasteiger partial charge in [-0.25, -0.2) is 9.37 Å². The Morgan fingerprint density at radius 1 is 1.12 bits per heavy atom. The van der Waals surface area contributed by atoms with Gasteiger partial charge in [-0.1, -0.05) is 0 Å². The van der Waals surface area contributed by atoms with E-state index in [2.05, 4.69) is 20.2 Å². The predicted molar refractivity (Wildman–Crippen MR) is 118 cm³/mol. The number of nitrogens with one attached hydrogen (secondary N) is 2. The minimum absolute atomic E-state index is 0.192. The fraction of sp³-hybridized carbons (Fsp3) is 0.478. The predicted octanol–water partition coefficient (Wildman–Crippen LogP) is 1.25. The molecule has 9 nitrogen and oxygen atoms in total. The number of carbonyl (C=O) groups is 3. The van der Waals surface area contributed by atoms with Crippen molar-refractivity contribution in [1.29, 1.82) is 0 Å². The van der Waals surface area contributed by atoms with Crippen LogP contribution in [-0.2, 0) is 22.7 Å². The molecular formula is C23H27FN6O3. The number of nitrogens with zero attached hydrogens (tertiary/aromatic N) is 4. The topological polar surface area (TPSA) is 102 Å². The van der Waals surface area contributed by atoms with Crippen LogP contribution in [0.5, 0.6) is 0 Å². The van der Waals surface area contributed by atoms with E-state index in [4.69, 9.17) is 0 Å². The molecule has 3 amide bonds. The van der Waals surface area contributed by atoms with Crippen molar-refractivity contribution in [2.45, 2.75) is 45.8 Å². The molecule has 33 heavy (non-hydrogen) atoms. The Morgan fingerprint density at radius 2 is 1.88 bits per heavy atom. The summed E-state index contributed by atoms with van der Waals surface area (Å²) in [5.41, 5.74) is 3.61. The van der Waals surface area contributed by atoms with Crippen molar-refractivity contribution in [2.24, 2.45) is 0 Å². The summed E-state index contributed by atoms with van der Waals surface area (Å²) in [5.74, 6) is -0.682. The van der Waals surface area contributed by atoms with E-state index in [-0.39, 0.29) is 31.2 Å². The maximum Gasteiger partial charge on any atom is 0.255 e. The van der Waals surface area contributed by atoms with E-state index in [0.717, 1.165) is 36.8 Å². The Kier molecular flexibility index (Phi) is 5.40. The first kappa shape index (κ1) is 21.6. The van der Waals surface area contributed by atoms with Crippen molar-refractivity contribution in [3.05, 3.63) is 46.3 Å². The van der Waals surface area contributed by atoms with Gasteiger partial charge in [0.2, 0.25) is 11.8 Å². The highest BCUT2D eigenvalue weighted by atomic mass is 19.1. The molecule has 10 heteroatoms. The van der Waals surface area contributed by atoms with Crippen LogP contribution in [-0.4, -0.2) is 69.7 Å². The number of H-pyrrole nitrogens is 1. The van der Waals surface area contributed by atoms with Gasteiger partial charge < -0.3 is 14.8 Å². The number of hydrogen-bond donors (Lipinski definition) is 2. The van der Waals surface area contributed by atoms with Crippen molar-refractivity contribution in [1.82, 2.24) is 25.1 Å². The van der Waals surface area contributed by atoms with Crippen LogP contribution < -0.4 is 10.2 Å². The Morgan fingerprint density at radius 3 is 2.55 bits per heavy atom. The van der Waals surface area contributed by atoms with Crippen LogP contribution in [0.15, 0.2) is 12.1 Å². The lowest BCUT2D eigenvalue weighted by Crippen LogP contribution is -2.52. The zero-order valence-corrected chi connectivity index (χ0v) is 18.8. The second-order valence-electron chi connectivity index (χ2n) is 9.02. The number of aryl methyl sites for hydroxylation is 2. The number of anilines is 1. The highest BCUT2D eigenvalue weighted by Gasteiger charge is 2.40. The van der Waals surface area contributed by atoms with E-state index in [1.54, 1.807) is 6.07 Å². The number of hydrogen-bond acceptors (Lipinski definition) is 6. The summed E-state index contributed by atoms with van der Waals surface area (Å²) >= 11 is 0. The van der Waals surface area contributed by atoms with Crippen LogP contribution in [0.2, 0.25) is 0 Å². The first-order chi connectivity index (χ1) is 15.8. The first-order valence-electron chi connectivity index (χ1n) is 11.3. The molecule has 1 aromatic heterocycles. The molecule has 3 aliphatic rings. The van der Waals surface area contributed by atoms with Gasteiger partial charge in [0.25, 0.3) is 5.91 Å². The number of piperidine rings is 1. The number of imidazole rings is 1. The third-order valence-electron chi connectivity index (χ3n) is 6.78. The molecule has 0 bridgehead atoms. The summed E-state index contributed by atoms with van der Waals surface area (Å²) in [6, 6.07) is 2.33. The molecule has 0 aliphatic carbocycles. The highest BCUT2D eigenvalue weighted by molar-refractivity contribution is 6.05. The van der Waals surface area contributed by atoms with Crippen LogP contribution in [0.25, 0.3) is 0 Å². The molecule has 0 radical (unpaired) electrons. The van der Waals surface area contributed by atoms with Gasteiger partial charge in [0.1, 0.15) is 17.7 Å². The summed E-state index contributed by atoms with van der Waals surface area (Å²) < 4.78 is 15.0. The third kappa shape index (κ3) is 3.99. The van der Waals surface area contributed by atoms with Crippen LogP contribution in [0.1, 0.15) is 46.0 Å². The Balaban J connectivity index is 1.27. The Bertz CT molecular complexity index is 1140. The fourth-order valence-corrected chi connectivity index (χ4v) is 4.99. The van der Waals surface area contributed by atoms with Crippen LogP contribution in [0, 0.1) is 19.7 Å². The lowest BCUT2D eigenvalue weighted by Gasteiger charge is -2.36. The van der Waals surface area contributed by atoms with Gasteiger partial charge >= 0.3 is 0 Å². The number of aromatic nitrogens is 2. The summed E-state index contributed by atoms with van der Waals surface area (Å²) in [4.78, 5) is 50.1. The number of piperazine rings is 1. The molecule has 5 rings (SSSR count). The number of aromatic amines is 1. The van der Waals surface area contributed by atoms with Crippen LogP contribution in [0.3, 0.4) is 0 Å². The number of fused-ring (bicyclic) bond motifs is 1. The maximum absolute atomic E-state index is 15.0. The van der Waals surface area contributed by atoms with Gasteiger partial charge in [-0.15, -0.1) is 0 Å². The molecule has 1 aromatic carbocycles. The molecule has 0 spiro atoms. The Hall–Kier alpha value is -3.27. The van der Waals surface area contributed by atoms with Crippen LogP contribution in [0.4, 0.5) is 10.1 Å². The fourth-order valence-electron chi connectivity index (χ4n) is 4.99. The minimum Gasteiger partial charge on any atom is -0.367 e. The minimum atomic E-state index is -0.702. The molecule has 2 N–H and O–H groups in total. The van der Waals surface area contributed by atoms with Gasteiger partial charge in [-0.2, -0.15) is 0 Å². The molecule has 1 unspecified atom stereocenters. The second-order valence-corrected chi connectivity index (χ2v) is 9.02. The average molecular weight is 455 g/mol. The monoisotopic (exact) mass is 454 g/mol. The number of amides is 3. The summed E-state index contributed by atoms with van der Waals surface area (Å²) in [7, 11) is 0. The highest BCUT2D eigenvalue weighted by Crippen LogP contribution is 2.33. The second kappa shape index (κ2) is 8.26. The van der Waals surface area contributed by atoms with E-state index in [0.29, 0.717) is 29.9 Å². The van der Waals surface area contributed by atoms with E-state index in [1.807, 2.05) is 18.7 Å². The van der Waals surface area contributed by atoms with Gasteiger partial charge in [-0.3, -0.25) is 24.6 Å². The zero-order chi connectivity index (χ0) is 23.3. The maximum atomic E-state index is 15.0. The van der Waals surface area contributed by atoms with Crippen molar-refractivity contribution in [3.8, 4) is 0 Å². The summed E-state index contributed by atoms with van der Waals surface area (Å²) in [6.45, 7) is 7.86. The standard InChI is InChI=1S/C23H27FN6O3/c1-13-18(26-14(2)25-13)12-28-5-7-29(8-6-28)20-9-15-11-30(23(33)16(15)10-17(20)24)19-3-4-21(31)27-22(19)32/h9-10,19H,3-8,11-12H2,1-2H3,(H,25,26)(H,27,31,32). The molecular weight excluding hydrogens is 427 g/mol. The SMILES string of the molecule is Cc1nc(CN2CCN(c3cc4c(cc3F)C(=O)N(C3CCC(=O)NC3=O)C4)CC2)c(C)[nH]1. The molecule has 2 fully saturated rings. The van der Waals surface area contributed by atoms with E-state index in [1.165, 1.54) is 11.0 Å². The van der Waals surface area contributed by atoms with E-state index >= 15 is 4.39 Å².